The number of imide groups is 1. The van der Waals surface area contributed by atoms with Crippen LogP contribution in [0, 0.1) is 5.82 Å². The fraction of sp³-hybridized carbons (Fsp3) is 0.0870. The lowest BCUT2D eigenvalue weighted by Gasteiger charge is -2.12. The minimum Gasteiger partial charge on any atom is -0.457 e. The van der Waals surface area contributed by atoms with Gasteiger partial charge in [-0.15, -0.1) is 0 Å². The van der Waals surface area contributed by atoms with Gasteiger partial charge in [-0.2, -0.15) is 0 Å². The summed E-state index contributed by atoms with van der Waals surface area (Å²) in [4.78, 5) is 37.7. The molecule has 150 valence electrons. The summed E-state index contributed by atoms with van der Waals surface area (Å²) in [6, 6.07) is 16.2. The van der Waals surface area contributed by atoms with Crippen LogP contribution in [0.3, 0.4) is 0 Å². The van der Waals surface area contributed by atoms with Crippen LogP contribution in [0.15, 0.2) is 70.0 Å². The number of carbonyl (C=O) groups excluding carboxylic acids is 3. The average Bonchev–Trinajstić information content (AvgIpc) is 3.30. The highest BCUT2D eigenvalue weighted by atomic mass is 32.2. The zero-order chi connectivity index (χ0) is 21.3. The fourth-order valence-corrected chi connectivity index (χ4v) is 3.81. The van der Waals surface area contributed by atoms with E-state index in [1.165, 1.54) is 25.1 Å². The van der Waals surface area contributed by atoms with Crippen molar-refractivity contribution in [2.24, 2.45) is 0 Å². The summed E-state index contributed by atoms with van der Waals surface area (Å²) in [6.07, 6.45) is 1.53. The molecule has 2 heterocycles. The van der Waals surface area contributed by atoms with E-state index in [0.717, 1.165) is 22.2 Å². The van der Waals surface area contributed by atoms with Gasteiger partial charge in [0, 0.05) is 17.2 Å². The van der Waals surface area contributed by atoms with Crippen molar-refractivity contribution >= 4 is 34.8 Å². The second kappa shape index (κ2) is 8.12. The fourth-order valence-electron chi connectivity index (χ4n) is 2.99. The van der Waals surface area contributed by atoms with E-state index in [2.05, 4.69) is 0 Å². The molecule has 1 fully saturated rings. The summed E-state index contributed by atoms with van der Waals surface area (Å²) in [6.45, 7) is 1.58. The number of thioether (sulfide) groups is 1. The first-order valence-corrected chi connectivity index (χ1v) is 9.93. The van der Waals surface area contributed by atoms with Gasteiger partial charge >= 0.3 is 0 Å². The van der Waals surface area contributed by atoms with Gasteiger partial charge in [0.1, 0.15) is 17.3 Å². The van der Waals surface area contributed by atoms with Gasteiger partial charge in [-0.25, -0.2) is 4.39 Å². The molecule has 2 aromatic carbocycles. The largest absolute Gasteiger partial charge is 0.457 e. The molecule has 0 saturated carbocycles. The molecule has 30 heavy (non-hydrogen) atoms. The van der Waals surface area contributed by atoms with E-state index in [-0.39, 0.29) is 28.3 Å². The molecule has 1 saturated heterocycles. The molecule has 7 heteroatoms. The molecule has 0 spiro atoms. The van der Waals surface area contributed by atoms with Crippen LogP contribution in [0.4, 0.5) is 9.18 Å². The third-order valence-electron chi connectivity index (χ3n) is 4.60. The van der Waals surface area contributed by atoms with Crippen molar-refractivity contribution in [3.8, 4) is 11.3 Å². The van der Waals surface area contributed by atoms with E-state index >= 15 is 0 Å². The number of hydrogen-bond donors (Lipinski definition) is 0. The molecular weight excluding hydrogens is 405 g/mol. The Hall–Kier alpha value is -3.45. The normalized spacial score (nSPS) is 15.3. The molecule has 0 N–H and O–H groups in total. The van der Waals surface area contributed by atoms with E-state index < -0.39 is 5.91 Å². The van der Waals surface area contributed by atoms with Gasteiger partial charge in [-0.1, -0.05) is 36.4 Å². The molecule has 4 rings (SSSR count). The second-order valence-electron chi connectivity index (χ2n) is 6.73. The highest BCUT2D eigenvalue weighted by molar-refractivity contribution is 8.18. The number of ketones is 1. The van der Waals surface area contributed by atoms with Crippen LogP contribution in [0.2, 0.25) is 0 Å². The van der Waals surface area contributed by atoms with Crippen molar-refractivity contribution < 1.29 is 23.2 Å². The first kappa shape index (κ1) is 19.8. The molecule has 1 aliphatic rings. The predicted molar refractivity (Wildman–Crippen MR) is 112 cm³/mol. The number of amides is 2. The molecule has 0 aliphatic carbocycles. The number of hydrogen-bond acceptors (Lipinski definition) is 5. The molecule has 0 atom stereocenters. The van der Waals surface area contributed by atoms with Gasteiger partial charge in [0.05, 0.1) is 11.4 Å². The van der Waals surface area contributed by atoms with Gasteiger partial charge in [-0.3, -0.25) is 19.3 Å². The molecular formula is C23H16FNO4S. The van der Waals surface area contributed by atoms with Crippen molar-refractivity contribution in [3.05, 3.63) is 88.3 Å². The highest BCUT2D eigenvalue weighted by Crippen LogP contribution is 2.34. The summed E-state index contributed by atoms with van der Waals surface area (Å²) in [5, 5.41) is -0.387. The second-order valence-corrected chi connectivity index (χ2v) is 7.72. The van der Waals surface area contributed by atoms with Crippen molar-refractivity contribution in [1.82, 2.24) is 4.90 Å². The van der Waals surface area contributed by atoms with E-state index in [1.807, 2.05) is 0 Å². The average molecular weight is 421 g/mol. The first-order valence-electron chi connectivity index (χ1n) is 9.12. The van der Waals surface area contributed by atoms with Gasteiger partial charge in [0.2, 0.25) is 0 Å². The highest BCUT2D eigenvalue weighted by Gasteiger charge is 2.35. The molecule has 5 nitrogen and oxygen atoms in total. The number of furan rings is 1. The lowest BCUT2D eigenvalue weighted by atomic mass is 10.1. The van der Waals surface area contributed by atoms with Crippen LogP contribution in [-0.2, 0) is 11.3 Å². The summed E-state index contributed by atoms with van der Waals surface area (Å²) < 4.78 is 18.8. The maximum absolute atomic E-state index is 13.1. The van der Waals surface area contributed by atoms with E-state index in [9.17, 15) is 18.8 Å². The van der Waals surface area contributed by atoms with Gasteiger partial charge < -0.3 is 4.42 Å². The quantitative estimate of drug-likeness (QED) is 0.401. The Morgan fingerprint density at radius 2 is 1.73 bits per heavy atom. The minimum atomic E-state index is -0.418. The zero-order valence-corrected chi connectivity index (χ0v) is 16.7. The number of nitrogens with zero attached hydrogens (tertiary/aromatic N) is 1. The molecule has 1 aromatic heterocycles. The smallest absolute Gasteiger partial charge is 0.293 e. The number of rotatable bonds is 5. The maximum atomic E-state index is 13.1. The van der Waals surface area contributed by atoms with Crippen LogP contribution in [0.25, 0.3) is 17.4 Å². The lowest BCUT2D eigenvalue weighted by molar-refractivity contribution is -0.123. The summed E-state index contributed by atoms with van der Waals surface area (Å²) in [7, 11) is 0. The Kier molecular flexibility index (Phi) is 5.37. The van der Waals surface area contributed by atoms with Crippen LogP contribution < -0.4 is 0 Å². The Morgan fingerprint density at radius 1 is 1.03 bits per heavy atom. The monoisotopic (exact) mass is 421 g/mol. The zero-order valence-electron chi connectivity index (χ0n) is 15.9. The number of carbonyl (C=O) groups is 3. The van der Waals surface area contributed by atoms with E-state index in [4.69, 9.17) is 4.42 Å². The Balaban J connectivity index is 1.51. The molecule has 0 radical (unpaired) electrons. The van der Waals surface area contributed by atoms with Gasteiger partial charge in [0.15, 0.2) is 5.78 Å². The van der Waals surface area contributed by atoms with Crippen LogP contribution in [-0.4, -0.2) is 21.8 Å². The number of halogens is 1. The van der Waals surface area contributed by atoms with Crippen LogP contribution >= 0.6 is 11.8 Å². The number of Topliss-reactive ketones (excluding diaryl/α,β-unsaturated/α-hetero) is 1. The molecule has 3 aromatic rings. The van der Waals surface area contributed by atoms with Crippen LogP contribution in [0.1, 0.15) is 28.6 Å². The maximum Gasteiger partial charge on any atom is 0.293 e. The standard InChI is InChI=1S/C23H16FNO4S/c1-14(26)16-4-6-17(7-5-16)20-11-10-19(29-20)12-21-22(27)25(23(28)30-21)13-15-2-8-18(24)9-3-15/h2-12H,13H2,1H3/b21-12-. The van der Waals surface area contributed by atoms with Gasteiger partial charge in [-0.05, 0) is 48.5 Å². The molecule has 0 unspecified atom stereocenters. The predicted octanol–water partition coefficient (Wildman–Crippen LogP) is 5.52. The molecule has 0 bridgehead atoms. The van der Waals surface area contributed by atoms with Crippen LogP contribution in [0.5, 0.6) is 0 Å². The van der Waals surface area contributed by atoms with Crippen molar-refractivity contribution in [2.45, 2.75) is 13.5 Å². The Morgan fingerprint density at radius 3 is 2.40 bits per heavy atom. The van der Waals surface area contributed by atoms with Crippen molar-refractivity contribution in [1.29, 1.82) is 0 Å². The third kappa shape index (κ3) is 4.11. The summed E-state index contributed by atoms with van der Waals surface area (Å²) >= 11 is 0.836. The third-order valence-corrected chi connectivity index (χ3v) is 5.51. The van der Waals surface area contributed by atoms with Gasteiger partial charge in [0.25, 0.3) is 11.1 Å². The Labute approximate surface area is 176 Å². The summed E-state index contributed by atoms with van der Waals surface area (Å²) in [5.74, 6) is 0.211. The molecule has 1 aliphatic heterocycles. The SMILES string of the molecule is CC(=O)c1ccc(-c2ccc(/C=C3\SC(=O)N(Cc4ccc(F)cc4)C3=O)o2)cc1. The number of benzene rings is 2. The Bertz CT molecular complexity index is 1160. The summed E-state index contributed by atoms with van der Waals surface area (Å²) in [5.41, 5.74) is 2.07. The van der Waals surface area contributed by atoms with E-state index in [1.54, 1.807) is 48.5 Å². The van der Waals surface area contributed by atoms with Crippen molar-refractivity contribution in [2.75, 3.05) is 0 Å². The topological polar surface area (TPSA) is 67.6 Å². The lowest BCUT2D eigenvalue weighted by Crippen LogP contribution is -2.27. The molecule has 2 amide bonds. The minimum absolute atomic E-state index is 0.0157. The first-order chi connectivity index (χ1) is 14.4. The van der Waals surface area contributed by atoms with E-state index in [0.29, 0.717) is 22.6 Å². The van der Waals surface area contributed by atoms with Crippen molar-refractivity contribution in [3.63, 3.8) is 0 Å².